The van der Waals surface area contributed by atoms with Gasteiger partial charge in [0.15, 0.2) is 0 Å². The predicted molar refractivity (Wildman–Crippen MR) is 95.1 cm³/mol. The van der Waals surface area contributed by atoms with Crippen LogP contribution in [0.2, 0.25) is 0 Å². The maximum Gasteiger partial charge on any atom is 0.242 e. The van der Waals surface area contributed by atoms with Crippen LogP contribution in [0.4, 0.5) is 0 Å². The maximum atomic E-state index is 12.5. The van der Waals surface area contributed by atoms with Gasteiger partial charge in [-0.2, -0.15) is 0 Å². The summed E-state index contributed by atoms with van der Waals surface area (Å²) in [5.41, 5.74) is 1.74. The average Bonchev–Trinajstić information content (AvgIpc) is 3.05. The van der Waals surface area contributed by atoms with E-state index in [4.69, 9.17) is 0 Å². The Hall–Kier alpha value is -2.77. The van der Waals surface area contributed by atoms with Crippen molar-refractivity contribution < 1.29 is 9.59 Å². The topological polar surface area (TPSA) is 93.0 Å². The number of aryl methyl sites for hydroxylation is 1. The van der Waals surface area contributed by atoms with Crippen LogP contribution in [0.5, 0.6) is 0 Å². The number of hydrogen-bond donors (Lipinski definition) is 1. The second kappa shape index (κ2) is 8.07. The van der Waals surface area contributed by atoms with Crippen molar-refractivity contribution in [2.75, 3.05) is 13.1 Å². The third-order valence-corrected chi connectivity index (χ3v) is 4.77. The van der Waals surface area contributed by atoms with Crippen molar-refractivity contribution in [3.63, 3.8) is 0 Å². The number of amides is 2. The summed E-state index contributed by atoms with van der Waals surface area (Å²) in [7, 11) is 0. The maximum absolute atomic E-state index is 12.5. The van der Waals surface area contributed by atoms with Crippen LogP contribution in [0.25, 0.3) is 0 Å². The number of rotatable bonds is 5. The summed E-state index contributed by atoms with van der Waals surface area (Å²) >= 11 is 0. The number of piperidine rings is 1. The van der Waals surface area contributed by atoms with Crippen molar-refractivity contribution in [2.45, 2.75) is 45.7 Å². The number of likely N-dealkylation sites (tertiary alicyclic amines) is 1. The zero-order chi connectivity index (χ0) is 18.5. The molecule has 1 saturated heterocycles. The number of nitrogens with zero attached hydrogens (tertiary/aromatic N) is 5. The first-order valence-corrected chi connectivity index (χ1v) is 8.84. The van der Waals surface area contributed by atoms with Crippen molar-refractivity contribution in [3.8, 4) is 0 Å². The summed E-state index contributed by atoms with van der Waals surface area (Å²) in [5, 5.41) is 2.78. The monoisotopic (exact) mass is 356 g/mol. The molecule has 138 valence electrons. The molecule has 3 rings (SSSR count). The third-order valence-electron chi connectivity index (χ3n) is 4.77. The molecule has 0 aliphatic carbocycles. The van der Waals surface area contributed by atoms with Crippen molar-refractivity contribution >= 4 is 11.8 Å². The molecule has 0 saturated carbocycles. The van der Waals surface area contributed by atoms with Crippen LogP contribution < -0.4 is 5.32 Å². The quantitative estimate of drug-likeness (QED) is 0.863. The first-order valence-electron chi connectivity index (χ1n) is 8.84. The molecule has 8 nitrogen and oxygen atoms in total. The fraction of sp³-hybridized carbons (Fsp3) is 0.500. The highest BCUT2D eigenvalue weighted by atomic mass is 16.2. The van der Waals surface area contributed by atoms with Crippen LogP contribution in [0.15, 0.2) is 24.8 Å². The van der Waals surface area contributed by atoms with Crippen LogP contribution >= 0.6 is 0 Å². The molecule has 0 bridgehead atoms. The zero-order valence-corrected chi connectivity index (χ0v) is 15.2. The smallest absolute Gasteiger partial charge is 0.242 e. The van der Waals surface area contributed by atoms with Gasteiger partial charge in [0.05, 0.1) is 17.9 Å². The van der Waals surface area contributed by atoms with E-state index in [2.05, 4.69) is 20.3 Å². The average molecular weight is 356 g/mol. The van der Waals surface area contributed by atoms with Gasteiger partial charge < -0.3 is 14.8 Å². The van der Waals surface area contributed by atoms with Gasteiger partial charge in [0.1, 0.15) is 12.4 Å². The largest absolute Gasteiger partial charge is 0.351 e. The Labute approximate surface area is 152 Å². The van der Waals surface area contributed by atoms with E-state index in [9.17, 15) is 9.59 Å². The van der Waals surface area contributed by atoms with Crippen molar-refractivity contribution in [1.82, 2.24) is 29.7 Å². The van der Waals surface area contributed by atoms with Crippen LogP contribution in [-0.2, 0) is 22.7 Å². The van der Waals surface area contributed by atoms with Gasteiger partial charge in [-0.3, -0.25) is 19.6 Å². The Morgan fingerprint density at radius 2 is 1.88 bits per heavy atom. The van der Waals surface area contributed by atoms with Gasteiger partial charge in [-0.1, -0.05) is 0 Å². The molecule has 2 aromatic rings. The van der Waals surface area contributed by atoms with E-state index in [0.29, 0.717) is 26.2 Å². The molecule has 8 heteroatoms. The van der Waals surface area contributed by atoms with E-state index in [1.807, 2.05) is 22.6 Å². The lowest BCUT2D eigenvalue weighted by Crippen LogP contribution is -2.40. The lowest BCUT2D eigenvalue weighted by molar-refractivity contribution is -0.133. The van der Waals surface area contributed by atoms with E-state index < -0.39 is 0 Å². The van der Waals surface area contributed by atoms with Crippen molar-refractivity contribution in [3.05, 3.63) is 42.0 Å². The third kappa shape index (κ3) is 4.25. The molecule has 2 amide bonds. The molecule has 26 heavy (non-hydrogen) atoms. The molecule has 1 fully saturated rings. The number of carbonyl (C=O) groups excluding carboxylic acids is 2. The molecule has 1 aliphatic rings. The molecular formula is C18H24N6O2. The van der Waals surface area contributed by atoms with Gasteiger partial charge >= 0.3 is 0 Å². The lowest BCUT2D eigenvalue weighted by atomic mass is 9.91. The molecule has 0 spiro atoms. The number of aromatic nitrogens is 4. The molecule has 1 N–H and O–H groups in total. The minimum absolute atomic E-state index is 0.0863. The summed E-state index contributed by atoms with van der Waals surface area (Å²) in [4.78, 5) is 38.6. The van der Waals surface area contributed by atoms with Gasteiger partial charge in [0.2, 0.25) is 11.8 Å². The van der Waals surface area contributed by atoms with E-state index >= 15 is 0 Å². The zero-order valence-electron chi connectivity index (χ0n) is 15.2. The SMILES string of the molecule is CC(=O)NCc1nccnc1C1CCN(C(=O)Cn2ccnc2C)CC1. The minimum Gasteiger partial charge on any atom is -0.351 e. The summed E-state index contributed by atoms with van der Waals surface area (Å²) in [6.45, 7) is 5.50. The number of carbonyl (C=O) groups is 2. The normalized spacial score (nSPS) is 15.1. The van der Waals surface area contributed by atoms with E-state index in [0.717, 1.165) is 30.1 Å². The molecule has 0 atom stereocenters. The minimum atomic E-state index is -0.0863. The highest BCUT2D eigenvalue weighted by Crippen LogP contribution is 2.28. The van der Waals surface area contributed by atoms with Crippen molar-refractivity contribution in [2.24, 2.45) is 0 Å². The highest BCUT2D eigenvalue weighted by Gasteiger charge is 2.26. The summed E-state index contributed by atoms with van der Waals surface area (Å²) in [5.74, 6) is 1.13. The summed E-state index contributed by atoms with van der Waals surface area (Å²) < 4.78 is 1.86. The van der Waals surface area contributed by atoms with E-state index in [-0.39, 0.29) is 17.7 Å². The fourth-order valence-electron chi connectivity index (χ4n) is 3.28. The molecular weight excluding hydrogens is 332 g/mol. The van der Waals surface area contributed by atoms with Gasteiger partial charge in [-0.25, -0.2) is 4.98 Å². The van der Waals surface area contributed by atoms with E-state index in [1.54, 1.807) is 18.6 Å². The molecule has 1 aliphatic heterocycles. The second-order valence-electron chi connectivity index (χ2n) is 6.56. The predicted octanol–water partition coefficient (Wildman–Crippen LogP) is 1.02. The Balaban J connectivity index is 1.59. The van der Waals surface area contributed by atoms with Crippen molar-refractivity contribution in [1.29, 1.82) is 0 Å². The standard InChI is InChI=1S/C18H24N6O2/c1-13-19-7-10-24(13)12-17(26)23-8-3-15(4-9-23)18-16(11-22-14(2)25)20-5-6-21-18/h5-7,10,15H,3-4,8-9,11-12H2,1-2H3,(H,22,25). The highest BCUT2D eigenvalue weighted by molar-refractivity contribution is 5.76. The van der Waals surface area contributed by atoms with Crippen LogP contribution in [0, 0.1) is 6.92 Å². The Bertz CT molecular complexity index is 779. The van der Waals surface area contributed by atoms with Gasteiger partial charge in [-0.05, 0) is 19.8 Å². The number of nitrogens with one attached hydrogen (secondary N) is 1. The number of hydrogen-bond acceptors (Lipinski definition) is 5. The van der Waals surface area contributed by atoms with Gasteiger partial charge in [0, 0.05) is 50.7 Å². The molecule has 0 aromatic carbocycles. The molecule has 0 radical (unpaired) electrons. The lowest BCUT2D eigenvalue weighted by Gasteiger charge is -2.32. The van der Waals surface area contributed by atoms with Crippen LogP contribution in [-0.4, -0.2) is 49.3 Å². The summed E-state index contributed by atoms with van der Waals surface area (Å²) in [6, 6.07) is 0. The molecule has 3 heterocycles. The Morgan fingerprint density at radius 1 is 1.15 bits per heavy atom. The number of imidazole rings is 1. The van der Waals surface area contributed by atoms with Gasteiger partial charge in [0.25, 0.3) is 0 Å². The van der Waals surface area contributed by atoms with Crippen LogP contribution in [0.1, 0.15) is 42.9 Å². The fourth-order valence-corrected chi connectivity index (χ4v) is 3.28. The Morgan fingerprint density at radius 3 is 2.54 bits per heavy atom. The second-order valence-corrected chi connectivity index (χ2v) is 6.56. The van der Waals surface area contributed by atoms with Gasteiger partial charge in [-0.15, -0.1) is 0 Å². The first kappa shape index (κ1) is 18.0. The first-order chi connectivity index (χ1) is 12.5. The molecule has 0 unspecified atom stereocenters. The molecule has 2 aromatic heterocycles. The van der Waals surface area contributed by atoms with E-state index in [1.165, 1.54) is 6.92 Å². The van der Waals surface area contributed by atoms with Crippen LogP contribution in [0.3, 0.4) is 0 Å². The summed E-state index contributed by atoms with van der Waals surface area (Å²) in [6.07, 6.45) is 8.56. The Kier molecular flexibility index (Phi) is 5.60.